The van der Waals surface area contributed by atoms with Crippen LogP contribution < -0.4 is 5.32 Å². The van der Waals surface area contributed by atoms with Crippen LogP contribution in [0.2, 0.25) is 0 Å². The topological polar surface area (TPSA) is 74.9 Å². The lowest BCUT2D eigenvalue weighted by Crippen LogP contribution is -2.75. The Hall–Kier alpha value is -0.650. The maximum Gasteiger partial charge on any atom is 0.220 e. The van der Waals surface area contributed by atoms with Crippen LogP contribution in [0.5, 0.6) is 0 Å². The van der Waals surface area contributed by atoms with Gasteiger partial charge < -0.3 is 15.1 Å². The van der Waals surface area contributed by atoms with Crippen LogP contribution in [0.25, 0.3) is 0 Å². The second-order valence-corrected chi connectivity index (χ2v) is 11.0. The van der Waals surface area contributed by atoms with Gasteiger partial charge in [0, 0.05) is 41.9 Å². The van der Waals surface area contributed by atoms with Crippen molar-refractivity contribution in [3.8, 4) is 0 Å². The molecule has 1 radical (unpaired) electrons. The predicted octanol–water partition coefficient (Wildman–Crippen LogP) is 2.60. The van der Waals surface area contributed by atoms with Crippen LogP contribution in [0.1, 0.15) is 88.0 Å². The highest BCUT2D eigenvalue weighted by molar-refractivity contribution is 5.75. The van der Waals surface area contributed by atoms with Gasteiger partial charge in [0.2, 0.25) is 5.91 Å². The zero-order valence-corrected chi connectivity index (χ0v) is 17.5. The summed E-state index contributed by atoms with van der Waals surface area (Å²) in [4.78, 5) is 14.1. The molecular formula is C20H37N2O3. The first-order chi connectivity index (χ1) is 10.9. The average Bonchev–Trinajstić information content (AvgIpc) is 2.16. The van der Waals surface area contributed by atoms with E-state index >= 15 is 0 Å². The molecule has 0 saturated carbocycles. The number of hydrogen-bond acceptors (Lipinski definition) is 3. The van der Waals surface area contributed by atoms with Crippen molar-refractivity contribution < 1.29 is 15.0 Å². The van der Waals surface area contributed by atoms with Crippen LogP contribution in [0.3, 0.4) is 0 Å². The standard InChI is InChI=1S/C20H37N2O3/c1-14(23)22-17(6,7)12-20(25,13-18(22,8)9)19(24)10-15(2,3)21-16(4,5)11-19/h24-25H,10-13H2,1-9H3. The second-order valence-electron chi connectivity index (χ2n) is 11.0. The van der Waals surface area contributed by atoms with Crippen molar-refractivity contribution in [1.29, 1.82) is 0 Å². The molecule has 25 heavy (non-hydrogen) atoms. The fourth-order valence-corrected chi connectivity index (χ4v) is 6.37. The molecule has 2 heterocycles. The Morgan fingerprint density at radius 1 is 0.760 bits per heavy atom. The smallest absolute Gasteiger partial charge is 0.220 e. The van der Waals surface area contributed by atoms with E-state index in [0.29, 0.717) is 25.7 Å². The highest BCUT2D eigenvalue weighted by Crippen LogP contribution is 2.53. The molecule has 2 rings (SSSR count). The Morgan fingerprint density at radius 2 is 1.08 bits per heavy atom. The van der Waals surface area contributed by atoms with Crippen molar-refractivity contribution in [1.82, 2.24) is 10.2 Å². The maximum absolute atomic E-state index is 12.3. The van der Waals surface area contributed by atoms with Crippen LogP contribution in [-0.2, 0) is 4.79 Å². The van der Waals surface area contributed by atoms with Crippen molar-refractivity contribution in [2.24, 2.45) is 0 Å². The van der Waals surface area contributed by atoms with E-state index in [-0.39, 0.29) is 5.91 Å². The number of amides is 1. The predicted molar refractivity (Wildman–Crippen MR) is 99.3 cm³/mol. The van der Waals surface area contributed by atoms with Crippen molar-refractivity contribution in [2.45, 2.75) is 121 Å². The summed E-state index contributed by atoms with van der Waals surface area (Å²) < 4.78 is 0. The number of piperidine rings is 2. The average molecular weight is 354 g/mol. The molecule has 145 valence electrons. The number of carbonyl (C=O) groups excluding carboxylic acids is 1. The van der Waals surface area contributed by atoms with E-state index in [4.69, 9.17) is 5.32 Å². The molecule has 0 atom stereocenters. The second kappa shape index (κ2) is 5.43. The molecule has 0 bridgehead atoms. The normalized spacial score (nSPS) is 31.4. The van der Waals surface area contributed by atoms with Gasteiger partial charge in [-0.1, -0.05) is 0 Å². The molecule has 5 nitrogen and oxygen atoms in total. The molecule has 0 aromatic heterocycles. The van der Waals surface area contributed by atoms with E-state index in [0.717, 1.165) is 0 Å². The summed E-state index contributed by atoms with van der Waals surface area (Å²) in [6.45, 7) is 17.6. The summed E-state index contributed by atoms with van der Waals surface area (Å²) >= 11 is 0. The molecule has 0 aliphatic carbocycles. The minimum atomic E-state index is -1.27. The van der Waals surface area contributed by atoms with Gasteiger partial charge in [0.25, 0.3) is 0 Å². The van der Waals surface area contributed by atoms with Gasteiger partial charge >= 0.3 is 0 Å². The van der Waals surface area contributed by atoms with Gasteiger partial charge in [-0.3, -0.25) is 4.79 Å². The third kappa shape index (κ3) is 3.60. The van der Waals surface area contributed by atoms with Crippen LogP contribution in [-0.4, -0.2) is 54.4 Å². The Bertz CT molecular complexity index is 529. The SMILES string of the molecule is CC(=O)N1C(C)(C)CC(O)(C2(O)CC(C)(C)[N]C(C)(C)C2)CC1(C)C. The summed E-state index contributed by atoms with van der Waals surface area (Å²) in [5.41, 5.74) is -4.39. The molecule has 2 N–H and O–H groups in total. The van der Waals surface area contributed by atoms with Crippen LogP contribution in [0, 0.1) is 0 Å². The fraction of sp³-hybridized carbons (Fsp3) is 0.950. The lowest BCUT2D eigenvalue weighted by atomic mass is 9.57. The van der Waals surface area contributed by atoms with E-state index in [1.54, 1.807) is 6.92 Å². The van der Waals surface area contributed by atoms with Gasteiger partial charge in [-0.25, -0.2) is 5.32 Å². The highest BCUT2D eigenvalue weighted by atomic mass is 16.4. The van der Waals surface area contributed by atoms with E-state index in [9.17, 15) is 15.0 Å². The molecule has 0 unspecified atom stereocenters. The van der Waals surface area contributed by atoms with Gasteiger partial charge in [-0.05, 0) is 68.2 Å². The van der Waals surface area contributed by atoms with Crippen molar-refractivity contribution in [3.05, 3.63) is 0 Å². The molecule has 1 amide bonds. The number of nitrogens with zero attached hydrogens (tertiary/aromatic N) is 2. The van der Waals surface area contributed by atoms with Crippen LogP contribution in [0.4, 0.5) is 0 Å². The molecule has 0 aromatic rings. The minimum Gasteiger partial charge on any atom is -0.387 e. The number of rotatable bonds is 1. The van der Waals surface area contributed by atoms with Crippen molar-refractivity contribution in [3.63, 3.8) is 0 Å². The zero-order chi connectivity index (χ0) is 19.7. The summed E-state index contributed by atoms with van der Waals surface area (Å²) in [5, 5.41) is 28.3. The van der Waals surface area contributed by atoms with Crippen molar-refractivity contribution >= 4 is 5.91 Å². The van der Waals surface area contributed by atoms with E-state index < -0.39 is 33.4 Å². The lowest BCUT2D eigenvalue weighted by Gasteiger charge is -2.64. The third-order valence-electron chi connectivity index (χ3n) is 5.90. The quantitative estimate of drug-likeness (QED) is 0.761. The first-order valence-electron chi connectivity index (χ1n) is 9.35. The zero-order valence-electron chi connectivity index (χ0n) is 17.5. The molecule has 0 aromatic carbocycles. The minimum absolute atomic E-state index is 0.00310. The first-order valence-corrected chi connectivity index (χ1v) is 9.35. The maximum atomic E-state index is 12.3. The lowest BCUT2D eigenvalue weighted by molar-refractivity contribution is -0.243. The summed E-state index contributed by atoms with van der Waals surface area (Å²) in [6, 6.07) is 0. The van der Waals surface area contributed by atoms with Gasteiger partial charge in [0.15, 0.2) is 0 Å². The van der Waals surface area contributed by atoms with Crippen LogP contribution in [0.15, 0.2) is 0 Å². The molecule has 2 aliphatic rings. The first kappa shape index (κ1) is 20.7. The molecule has 2 aliphatic heterocycles. The number of aliphatic hydroxyl groups is 2. The van der Waals surface area contributed by atoms with Gasteiger partial charge in [-0.2, -0.15) is 0 Å². The number of hydrogen-bond donors (Lipinski definition) is 2. The van der Waals surface area contributed by atoms with E-state index in [1.807, 2.05) is 60.3 Å². The molecule has 0 spiro atoms. The number of carbonyl (C=O) groups is 1. The van der Waals surface area contributed by atoms with Crippen LogP contribution >= 0.6 is 0 Å². The van der Waals surface area contributed by atoms with Gasteiger partial charge in [0.05, 0.1) is 11.2 Å². The van der Waals surface area contributed by atoms with Gasteiger partial charge in [-0.15, -0.1) is 0 Å². The highest BCUT2D eigenvalue weighted by Gasteiger charge is 2.64. The monoisotopic (exact) mass is 353 g/mol. The summed E-state index contributed by atoms with van der Waals surface area (Å²) in [6.07, 6.45) is 1.55. The van der Waals surface area contributed by atoms with E-state index in [2.05, 4.69) is 0 Å². The summed E-state index contributed by atoms with van der Waals surface area (Å²) in [5.74, 6) is 0.00310. The summed E-state index contributed by atoms with van der Waals surface area (Å²) in [7, 11) is 0. The molecular weight excluding hydrogens is 316 g/mol. The Balaban J connectivity index is 2.49. The molecule has 2 fully saturated rings. The largest absolute Gasteiger partial charge is 0.387 e. The fourth-order valence-electron chi connectivity index (χ4n) is 6.37. The van der Waals surface area contributed by atoms with E-state index in [1.165, 1.54) is 0 Å². The molecule has 2 saturated heterocycles. The van der Waals surface area contributed by atoms with Crippen molar-refractivity contribution in [2.75, 3.05) is 0 Å². The Kier molecular flexibility index (Phi) is 4.49. The van der Waals surface area contributed by atoms with Gasteiger partial charge in [0.1, 0.15) is 0 Å². The third-order valence-corrected chi connectivity index (χ3v) is 5.90. The molecule has 5 heteroatoms. The Labute approximate surface area is 153 Å². The Morgan fingerprint density at radius 3 is 1.40 bits per heavy atom. The number of likely N-dealkylation sites (tertiary alicyclic amines) is 1.